The van der Waals surface area contributed by atoms with E-state index in [1.165, 1.54) is 4.90 Å². The van der Waals surface area contributed by atoms with Gasteiger partial charge >= 0.3 is 0 Å². The molecular formula is C24H35N3O5. The topological polar surface area (TPSA) is 94.4 Å². The number of likely N-dealkylation sites (tertiary alicyclic amines) is 1. The summed E-state index contributed by atoms with van der Waals surface area (Å²) in [4.78, 5) is 41.2. The van der Waals surface area contributed by atoms with Gasteiger partial charge in [0.15, 0.2) is 0 Å². The minimum absolute atomic E-state index is 0.0243. The van der Waals surface area contributed by atoms with E-state index in [0.29, 0.717) is 30.8 Å². The summed E-state index contributed by atoms with van der Waals surface area (Å²) in [5.41, 5.74) is 0.616. The summed E-state index contributed by atoms with van der Waals surface area (Å²) in [6.45, 7) is 7.15. The number of carboxylic acid groups (broad SMARTS) is 1. The van der Waals surface area contributed by atoms with Crippen molar-refractivity contribution in [2.45, 2.75) is 32.6 Å². The molecule has 1 aromatic rings. The zero-order valence-electron chi connectivity index (χ0n) is 19.2. The number of nitrogens with zero attached hydrogens (tertiary/aromatic N) is 2. The number of ether oxygens (including phenoxy) is 1. The number of quaternary nitrogens is 1. The summed E-state index contributed by atoms with van der Waals surface area (Å²) >= 11 is 0. The van der Waals surface area contributed by atoms with E-state index in [4.69, 9.17) is 4.74 Å². The van der Waals surface area contributed by atoms with Crippen LogP contribution >= 0.6 is 0 Å². The second-order valence-corrected chi connectivity index (χ2v) is 9.01. The van der Waals surface area contributed by atoms with Crippen LogP contribution in [0.1, 0.15) is 43.0 Å². The number of rotatable bonds is 7. The number of nitrogens with one attached hydrogen (secondary N) is 1. The molecule has 0 spiro atoms. The van der Waals surface area contributed by atoms with Gasteiger partial charge in [-0.05, 0) is 48.9 Å². The minimum Gasteiger partial charge on any atom is -0.550 e. The highest BCUT2D eigenvalue weighted by molar-refractivity contribution is 5.94. The lowest BCUT2D eigenvalue weighted by molar-refractivity contribution is -0.898. The van der Waals surface area contributed by atoms with Gasteiger partial charge in [0.2, 0.25) is 5.91 Å². The van der Waals surface area contributed by atoms with Gasteiger partial charge in [-0.1, -0.05) is 0 Å². The van der Waals surface area contributed by atoms with Crippen LogP contribution in [0.4, 0.5) is 0 Å². The standard InChI is InChI=1S/C24H35N3O5/c1-18(28)26-11-3-10-25(14-15-26)12-8-21-17-27(13-9-20(21)16-23(29)30)24(31)19-4-6-22(32-2)7-5-19/h4-7,20-21H,3,8-17H2,1-2H3,(H,29,30)/t20-,21-/m0/s1. The first-order valence-corrected chi connectivity index (χ1v) is 11.6. The average Bonchev–Trinajstić information content (AvgIpc) is 3.03. The first kappa shape index (κ1) is 24.0. The van der Waals surface area contributed by atoms with Crippen LogP contribution < -0.4 is 14.7 Å². The predicted molar refractivity (Wildman–Crippen MR) is 117 cm³/mol. The molecule has 2 aliphatic heterocycles. The molecule has 2 saturated heterocycles. The number of hydrogen-bond acceptors (Lipinski definition) is 5. The van der Waals surface area contributed by atoms with Gasteiger partial charge in [0.25, 0.3) is 5.91 Å². The maximum Gasteiger partial charge on any atom is 0.253 e. The smallest absolute Gasteiger partial charge is 0.253 e. The van der Waals surface area contributed by atoms with Crippen LogP contribution in [0.2, 0.25) is 0 Å². The number of carboxylic acids is 1. The Morgan fingerprint density at radius 3 is 2.47 bits per heavy atom. The first-order valence-electron chi connectivity index (χ1n) is 11.6. The van der Waals surface area contributed by atoms with Crippen LogP contribution in [-0.2, 0) is 9.59 Å². The van der Waals surface area contributed by atoms with Crippen molar-refractivity contribution in [1.29, 1.82) is 0 Å². The molecule has 0 bridgehead atoms. The Kier molecular flexibility index (Phi) is 8.50. The molecule has 1 unspecified atom stereocenters. The molecule has 0 saturated carbocycles. The molecule has 176 valence electrons. The minimum atomic E-state index is -1.02. The normalized spacial score (nSPS) is 24.0. The van der Waals surface area contributed by atoms with Gasteiger partial charge in [0.05, 0.1) is 33.3 Å². The van der Waals surface area contributed by atoms with Crippen molar-refractivity contribution in [1.82, 2.24) is 9.80 Å². The molecule has 32 heavy (non-hydrogen) atoms. The van der Waals surface area contributed by atoms with Crippen molar-refractivity contribution in [3.05, 3.63) is 29.8 Å². The molecule has 0 aromatic heterocycles. The monoisotopic (exact) mass is 445 g/mol. The number of carbonyl (C=O) groups is 3. The van der Waals surface area contributed by atoms with E-state index in [2.05, 4.69) is 0 Å². The molecule has 1 aromatic carbocycles. The predicted octanol–water partition coefficient (Wildman–Crippen LogP) is -0.559. The third kappa shape index (κ3) is 6.45. The lowest BCUT2D eigenvalue weighted by Gasteiger charge is -2.39. The van der Waals surface area contributed by atoms with E-state index < -0.39 is 5.97 Å². The van der Waals surface area contributed by atoms with Crippen molar-refractivity contribution in [2.24, 2.45) is 11.8 Å². The number of methoxy groups -OCH3 is 1. The van der Waals surface area contributed by atoms with Gasteiger partial charge in [-0.2, -0.15) is 0 Å². The Balaban J connectivity index is 1.61. The summed E-state index contributed by atoms with van der Waals surface area (Å²) in [7, 11) is 1.59. The number of piperidine rings is 1. The SMILES string of the molecule is COc1ccc(C(=O)N2CC[C@@H](CC(=O)[O-])[C@@H](CC[NH+]3CCCN(C(C)=O)CC3)C2)cc1. The van der Waals surface area contributed by atoms with Gasteiger partial charge in [0.1, 0.15) is 5.75 Å². The largest absolute Gasteiger partial charge is 0.550 e. The molecule has 1 N–H and O–H groups in total. The quantitative estimate of drug-likeness (QED) is 0.607. The number of hydrogen-bond donors (Lipinski definition) is 1. The molecule has 3 rings (SSSR count). The number of carbonyl (C=O) groups excluding carboxylic acids is 3. The lowest BCUT2D eigenvalue weighted by Crippen LogP contribution is -3.12. The van der Waals surface area contributed by atoms with Crippen LogP contribution in [0.25, 0.3) is 0 Å². The summed E-state index contributed by atoms with van der Waals surface area (Å²) < 4.78 is 5.17. The highest BCUT2D eigenvalue weighted by Crippen LogP contribution is 2.29. The zero-order chi connectivity index (χ0) is 23.1. The summed E-state index contributed by atoms with van der Waals surface area (Å²) in [5.74, 6) is -0.0578. The van der Waals surface area contributed by atoms with E-state index in [1.807, 2.05) is 9.80 Å². The van der Waals surface area contributed by atoms with Crippen LogP contribution in [0, 0.1) is 11.8 Å². The van der Waals surface area contributed by atoms with Crippen molar-refractivity contribution < 1.29 is 29.1 Å². The van der Waals surface area contributed by atoms with Crippen LogP contribution in [0.5, 0.6) is 5.75 Å². The molecule has 0 radical (unpaired) electrons. The molecule has 2 heterocycles. The summed E-state index contributed by atoms with van der Waals surface area (Å²) in [6.07, 6.45) is 2.56. The van der Waals surface area contributed by atoms with E-state index in [1.54, 1.807) is 38.3 Å². The maximum absolute atomic E-state index is 13.0. The highest BCUT2D eigenvalue weighted by atomic mass is 16.5. The van der Waals surface area contributed by atoms with E-state index >= 15 is 0 Å². The number of benzene rings is 1. The van der Waals surface area contributed by atoms with Gasteiger partial charge < -0.3 is 29.3 Å². The molecule has 0 aliphatic carbocycles. The van der Waals surface area contributed by atoms with Crippen molar-refractivity contribution in [2.75, 3.05) is 52.9 Å². The molecule has 8 heteroatoms. The van der Waals surface area contributed by atoms with Gasteiger partial charge in [-0.25, -0.2) is 0 Å². The third-order valence-electron chi connectivity index (χ3n) is 6.95. The fourth-order valence-electron chi connectivity index (χ4n) is 5.00. The zero-order valence-corrected chi connectivity index (χ0v) is 19.2. The van der Waals surface area contributed by atoms with E-state index in [9.17, 15) is 19.5 Å². The summed E-state index contributed by atoms with van der Waals surface area (Å²) in [6, 6.07) is 7.10. The lowest BCUT2D eigenvalue weighted by atomic mass is 9.81. The molecule has 2 aliphatic rings. The van der Waals surface area contributed by atoms with E-state index in [-0.39, 0.29) is 30.1 Å². The van der Waals surface area contributed by atoms with Gasteiger partial charge in [0, 0.05) is 50.9 Å². The van der Waals surface area contributed by atoms with Crippen molar-refractivity contribution >= 4 is 17.8 Å². The molecule has 2 fully saturated rings. The molecule has 3 atom stereocenters. The number of aliphatic carboxylic acids is 1. The Morgan fingerprint density at radius 1 is 1.06 bits per heavy atom. The Hall–Kier alpha value is -2.61. The van der Waals surface area contributed by atoms with E-state index in [0.717, 1.165) is 45.6 Å². The fourth-order valence-corrected chi connectivity index (χ4v) is 5.00. The van der Waals surface area contributed by atoms with Crippen LogP contribution in [0.15, 0.2) is 24.3 Å². The van der Waals surface area contributed by atoms with Crippen molar-refractivity contribution in [3.63, 3.8) is 0 Å². The molecule has 2 amide bonds. The summed E-state index contributed by atoms with van der Waals surface area (Å²) in [5, 5.41) is 11.3. The van der Waals surface area contributed by atoms with Crippen LogP contribution in [0.3, 0.4) is 0 Å². The average molecular weight is 446 g/mol. The van der Waals surface area contributed by atoms with Gasteiger partial charge in [-0.3, -0.25) is 9.59 Å². The maximum atomic E-state index is 13.0. The second kappa shape index (κ2) is 11.3. The van der Waals surface area contributed by atoms with Crippen LogP contribution in [-0.4, -0.2) is 80.5 Å². The number of amides is 2. The fraction of sp³-hybridized carbons (Fsp3) is 0.625. The first-order chi connectivity index (χ1) is 15.4. The Morgan fingerprint density at radius 2 is 1.81 bits per heavy atom. The van der Waals surface area contributed by atoms with Gasteiger partial charge in [-0.15, -0.1) is 0 Å². The Bertz CT molecular complexity index is 797. The highest BCUT2D eigenvalue weighted by Gasteiger charge is 2.33. The Labute approximate surface area is 190 Å². The second-order valence-electron chi connectivity index (χ2n) is 9.01. The van der Waals surface area contributed by atoms with Crippen molar-refractivity contribution in [3.8, 4) is 5.75 Å². The third-order valence-corrected chi connectivity index (χ3v) is 6.95. The molecule has 8 nitrogen and oxygen atoms in total. The molecular weight excluding hydrogens is 410 g/mol.